The SMILES string of the molecule is CC(N)c1cn(C(C)C)c2ccc(F)cc12. The average molecular weight is 220 g/mol. The Hall–Kier alpha value is -1.35. The maximum atomic E-state index is 13.2. The van der Waals surface area contributed by atoms with Gasteiger partial charge in [-0.25, -0.2) is 4.39 Å². The molecule has 1 unspecified atom stereocenters. The molecule has 2 nitrogen and oxygen atoms in total. The summed E-state index contributed by atoms with van der Waals surface area (Å²) in [6, 6.07) is 5.14. The van der Waals surface area contributed by atoms with E-state index in [0.29, 0.717) is 6.04 Å². The third kappa shape index (κ3) is 1.71. The van der Waals surface area contributed by atoms with Crippen molar-refractivity contribution in [2.24, 2.45) is 5.73 Å². The van der Waals surface area contributed by atoms with Gasteiger partial charge in [-0.05, 0) is 44.5 Å². The van der Waals surface area contributed by atoms with Gasteiger partial charge in [-0.2, -0.15) is 0 Å². The largest absolute Gasteiger partial charge is 0.345 e. The van der Waals surface area contributed by atoms with Crippen LogP contribution in [-0.4, -0.2) is 4.57 Å². The molecule has 0 bridgehead atoms. The molecular weight excluding hydrogens is 203 g/mol. The fourth-order valence-electron chi connectivity index (χ4n) is 2.04. The molecule has 0 spiro atoms. The lowest BCUT2D eigenvalue weighted by molar-refractivity contribution is 0.616. The summed E-state index contributed by atoms with van der Waals surface area (Å²) in [7, 11) is 0. The van der Waals surface area contributed by atoms with Crippen LogP contribution in [0.25, 0.3) is 10.9 Å². The Morgan fingerprint density at radius 3 is 2.50 bits per heavy atom. The number of aromatic nitrogens is 1. The zero-order valence-corrected chi connectivity index (χ0v) is 9.87. The van der Waals surface area contributed by atoms with E-state index in [0.717, 1.165) is 16.5 Å². The molecule has 1 aromatic carbocycles. The van der Waals surface area contributed by atoms with Crippen molar-refractivity contribution in [3.05, 3.63) is 35.8 Å². The summed E-state index contributed by atoms with van der Waals surface area (Å²) in [5.74, 6) is -0.212. The first kappa shape index (κ1) is 11.1. The predicted octanol–water partition coefficient (Wildman–Crippen LogP) is 3.38. The van der Waals surface area contributed by atoms with Crippen molar-refractivity contribution < 1.29 is 4.39 Å². The number of benzene rings is 1. The van der Waals surface area contributed by atoms with Gasteiger partial charge in [0.25, 0.3) is 0 Å². The zero-order valence-electron chi connectivity index (χ0n) is 9.87. The van der Waals surface area contributed by atoms with E-state index in [4.69, 9.17) is 5.73 Å². The molecule has 0 saturated carbocycles. The molecule has 2 aromatic rings. The summed E-state index contributed by atoms with van der Waals surface area (Å²) in [6.45, 7) is 6.13. The van der Waals surface area contributed by atoms with Gasteiger partial charge in [-0.15, -0.1) is 0 Å². The lowest BCUT2D eigenvalue weighted by Crippen LogP contribution is -2.04. The second kappa shape index (κ2) is 3.91. The van der Waals surface area contributed by atoms with Gasteiger partial charge in [0.2, 0.25) is 0 Å². The second-order valence-corrected chi connectivity index (χ2v) is 4.54. The van der Waals surface area contributed by atoms with Crippen molar-refractivity contribution in [2.75, 3.05) is 0 Å². The quantitative estimate of drug-likeness (QED) is 0.826. The summed E-state index contributed by atoms with van der Waals surface area (Å²) in [4.78, 5) is 0. The van der Waals surface area contributed by atoms with E-state index < -0.39 is 0 Å². The minimum absolute atomic E-state index is 0.0794. The van der Waals surface area contributed by atoms with Crippen molar-refractivity contribution in [1.82, 2.24) is 4.57 Å². The van der Waals surface area contributed by atoms with Gasteiger partial charge in [-0.1, -0.05) is 0 Å². The lowest BCUT2D eigenvalue weighted by atomic mass is 10.1. The molecule has 1 heterocycles. The Labute approximate surface area is 94.9 Å². The predicted molar refractivity (Wildman–Crippen MR) is 64.9 cm³/mol. The highest BCUT2D eigenvalue weighted by Gasteiger charge is 2.13. The number of halogens is 1. The molecule has 3 heteroatoms. The highest BCUT2D eigenvalue weighted by atomic mass is 19.1. The summed E-state index contributed by atoms with van der Waals surface area (Å²) in [5, 5.41) is 0.920. The third-order valence-corrected chi connectivity index (χ3v) is 2.87. The minimum atomic E-state index is -0.212. The van der Waals surface area contributed by atoms with Crippen LogP contribution in [0.4, 0.5) is 4.39 Å². The lowest BCUT2D eigenvalue weighted by Gasteiger charge is -2.08. The Morgan fingerprint density at radius 1 is 1.25 bits per heavy atom. The van der Waals surface area contributed by atoms with E-state index >= 15 is 0 Å². The van der Waals surface area contributed by atoms with Crippen LogP contribution >= 0.6 is 0 Å². The van der Waals surface area contributed by atoms with Crippen LogP contribution in [0.3, 0.4) is 0 Å². The molecule has 0 amide bonds. The first-order valence-corrected chi connectivity index (χ1v) is 5.56. The maximum Gasteiger partial charge on any atom is 0.123 e. The highest BCUT2D eigenvalue weighted by molar-refractivity contribution is 5.84. The monoisotopic (exact) mass is 220 g/mol. The van der Waals surface area contributed by atoms with Crippen molar-refractivity contribution in [3.63, 3.8) is 0 Å². The zero-order chi connectivity index (χ0) is 11.9. The van der Waals surface area contributed by atoms with Crippen LogP contribution in [0.2, 0.25) is 0 Å². The number of fused-ring (bicyclic) bond motifs is 1. The van der Waals surface area contributed by atoms with E-state index in [2.05, 4.69) is 18.4 Å². The second-order valence-electron chi connectivity index (χ2n) is 4.54. The molecule has 16 heavy (non-hydrogen) atoms. The summed E-state index contributed by atoms with van der Waals surface area (Å²) in [6.07, 6.45) is 2.03. The van der Waals surface area contributed by atoms with Crippen LogP contribution in [-0.2, 0) is 0 Å². The molecule has 0 aliphatic rings. The molecular formula is C13H17FN2. The van der Waals surface area contributed by atoms with Crippen LogP contribution in [0.5, 0.6) is 0 Å². The van der Waals surface area contributed by atoms with Crippen LogP contribution < -0.4 is 5.73 Å². The normalized spacial score (nSPS) is 13.6. The van der Waals surface area contributed by atoms with Gasteiger partial charge in [0.05, 0.1) is 0 Å². The Balaban J connectivity index is 2.76. The molecule has 0 saturated heterocycles. The highest BCUT2D eigenvalue weighted by Crippen LogP contribution is 2.28. The minimum Gasteiger partial charge on any atom is -0.345 e. The fraction of sp³-hybridized carbons (Fsp3) is 0.385. The molecule has 1 aromatic heterocycles. The number of nitrogens with two attached hydrogens (primary N) is 1. The van der Waals surface area contributed by atoms with Crippen LogP contribution in [0.15, 0.2) is 24.4 Å². The number of nitrogens with zero attached hydrogens (tertiary/aromatic N) is 1. The molecule has 0 radical (unpaired) electrons. The van der Waals surface area contributed by atoms with Gasteiger partial charge in [0.15, 0.2) is 0 Å². The molecule has 2 N–H and O–H groups in total. The van der Waals surface area contributed by atoms with E-state index in [-0.39, 0.29) is 11.9 Å². The van der Waals surface area contributed by atoms with Gasteiger partial charge in [0.1, 0.15) is 5.82 Å². The molecule has 2 rings (SSSR count). The van der Waals surface area contributed by atoms with Gasteiger partial charge < -0.3 is 10.3 Å². The number of rotatable bonds is 2. The standard InChI is InChI=1S/C13H17FN2/c1-8(2)16-7-12(9(3)15)11-6-10(14)4-5-13(11)16/h4-9H,15H2,1-3H3. The Bertz CT molecular complexity index is 512. The van der Waals surface area contributed by atoms with E-state index in [1.807, 2.05) is 19.2 Å². The van der Waals surface area contributed by atoms with E-state index in [1.165, 1.54) is 6.07 Å². The molecule has 0 aliphatic carbocycles. The fourth-order valence-corrected chi connectivity index (χ4v) is 2.04. The molecule has 86 valence electrons. The Kier molecular flexibility index (Phi) is 2.72. The van der Waals surface area contributed by atoms with Crippen molar-refractivity contribution in [2.45, 2.75) is 32.9 Å². The number of hydrogen-bond acceptors (Lipinski definition) is 1. The van der Waals surface area contributed by atoms with Gasteiger partial charge in [0, 0.05) is 29.2 Å². The smallest absolute Gasteiger partial charge is 0.123 e. The topological polar surface area (TPSA) is 30.9 Å². The first-order valence-electron chi connectivity index (χ1n) is 5.56. The first-order chi connectivity index (χ1) is 7.50. The summed E-state index contributed by atoms with van der Waals surface area (Å²) in [5.41, 5.74) is 7.96. The van der Waals surface area contributed by atoms with Crippen LogP contribution in [0, 0.1) is 5.82 Å². The van der Waals surface area contributed by atoms with E-state index in [9.17, 15) is 4.39 Å². The van der Waals surface area contributed by atoms with E-state index in [1.54, 1.807) is 6.07 Å². The molecule has 1 atom stereocenters. The summed E-state index contributed by atoms with van der Waals surface area (Å²) < 4.78 is 15.4. The third-order valence-electron chi connectivity index (χ3n) is 2.87. The molecule has 0 aliphatic heterocycles. The van der Waals surface area contributed by atoms with Gasteiger partial charge >= 0.3 is 0 Å². The summed E-state index contributed by atoms with van der Waals surface area (Å²) >= 11 is 0. The van der Waals surface area contributed by atoms with Crippen LogP contribution in [0.1, 0.15) is 38.4 Å². The molecule has 0 fully saturated rings. The Morgan fingerprint density at radius 2 is 1.94 bits per heavy atom. The van der Waals surface area contributed by atoms with Crippen molar-refractivity contribution >= 4 is 10.9 Å². The maximum absolute atomic E-state index is 13.2. The number of hydrogen-bond donors (Lipinski definition) is 1. The van der Waals surface area contributed by atoms with Crippen molar-refractivity contribution in [3.8, 4) is 0 Å². The van der Waals surface area contributed by atoms with Gasteiger partial charge in [-0.3, -0.25) is 0 Å². The van der Waals surface area contributed by atoms with Crippen molar-refractivity contribution in [1.29, 1.82) is 0 Å². The average Bonchev–Trinajstić information content (AvgIpc) is 2.56.